The first-order chi connectivity index (χ1) is 15.7. The maximum atomic E-state index is 12.8. The van der Waals surface area contributed by atoms with E-state index in [0.717, 1.165) is 16.1 Å². The Morgan fingerprint density at radius 2 is 2.03 bits per heavy atom. The molecule has 2 N–H and O–H groups in total. The van der Waals surface area contributed by atoms with Crippen LogP contribution in [0.15, 0.2) is 71.2 Å². The molecule has 0 unspecified atom stereocenters. The lowest BCUT2D eigenvalue weighted by molar-refractivity contribution is 0.0947. The number of aromatic amines is 1. The second kappa shape index (κ2) is 8.60. The summed E-state index contributed by atoms with van der Waals surface area (Å²) < 4.78 is 3.18. The summed E-state index contributed by atoms with van der Waals surface area (Å²) in [5, 5.41) is 16.5. The highest BCUT2D eigenvalue weighted by Crippen LogP contribution is 2.22. The third-order valence-electron chi connectivity index (χ3n) is 5.02. The Balaban J connectivity index is 1.24. The van der Waals surface area contributed by atoms with Gasteiger partial charge in [-0.15, -0.1) is 11.3 Å². The summed E-state index contributed by atoms with van der Waals surface area (Å²) in [4.78, 5) is 30.6. The molecule has 10 heteroatoms. The minimum Gasteiger partial charge on any atom is -0.349 e. The molecule has 1 amide bonds. The first kappa shape index (κ1) is 19.9. The number of nitrogens with zero attached hydrogens (tertiary/aromatic N) is 5. The zero-order valence-corrected chi connectivity index (χ0v) is 17.7. The summed E-state index contributed by atoms with van der Waals surface area (Å²) in [7, 11) is 0. The fourth-order valence-corrected chi connectivity index (χ4v) is 4.11. The number of carbonyl (C=O) groups excluding carboxylic acids is 1. The second-order valence-corrected chi connectivity index (χ2v) is 8.12. The number of hydrogen-bond donors (Lipinski definition) is 2. The number of thiophene rings is 1. The molecule has 0 saturated heterocycles. The zero-order chi connectivity index (χ0) is 21.9. The van der Waals surface area contributed by atoms with Gasteiger partial charge in [-0.1, -0.05) is 36.4 Å². The molecule has 0 saturated carbocycles. The predicted octanol–water partition coefficient (Wildman–Crippen LogP) is 2.52. The van der Waals surface area contributed by atoms with E-state index >= 15 is 0 Å². The molecule has 0 spiro atoms. The number of hydrogen-bond acceptors (Lipinski definition) is 6. The van der Waals surface area contributed by atoms with Crippen molar-refractivity contribution >= 4 is 28.3 Å². The fourth-order valence-electron chi connectivity index (χ4n) is 3.42. The van der Waals surface area contributed by atoms with E-state index in [2.05, 4.69) is 25.6 Å². The molecule has 1 aromatic carbocycles. The van der Waals surface area contributed by atoms with E-state index in [1.54, 1.807) is 26.7 Å². The number of aromatic nitrogens is 6. The molecule has 5 aromatic rings. The Morgan fingerprint density at radius 3 is 2.84 bits per heavy atom. The van der Waals surface area contributed by atoms with Crippen LogP contribution in [0.1, 0.15) is 16.1 Å². The summed E-state index contributed by atoms with van der Waals surface area (Å²) in [6.45, 7) is 1.15. The van der Waals surface area contributed by atoms with Gasteiger partial charge < -0.3 is 5.32 Å². The normalized spacial score (nSPS) is 11.1. The van der Waals surface area contributed by atoms with Crippen molar-refractivity contribution in [3.05, 3.63) is 88.0 Å². The van der Waals surface area contributed by atoms with E-state index in [4.69, 9.17) is 0 Å². The van der Waals surface area contributed by atoms with Gasteiger partial charge in [0.25, 0.3) is 11.5 Å². The number of rotatable bonds is 7. The molecule has 0 fully saturated rings. The molecule has 0 bridgehead atoms. The fraction of sp³-hybridized carbons (Fsp3) is 0.136. The lowest BCUT2D eigenvalue weighted by Gasteiger charge is -2.07. The van der Waals surface area contributed by atoms with Crippen LogP contribution in [0.25, 0.3) is 21.6 Å². The summed E-state index contributed by atoms with van der Waals surface area (Å²) in [6, 6.07) is 15.4. The topological polar surface area (TPSA) is 110 Å². The molecule has 0 atom stereocenters. The quantitative estimate of drug-likeness (QED) is 0.400. The lowest BCUT2D eigenvalue weighted by Crippen LogP contribution is -2.28. The van der Waals surface area contributed by atoms with Crippen LogP contribution in [0.3, 0.4) is 0 Å². The number of nitrogens with one attached hydrogen (secondary N) is 2. The van der Waals surface area contributed by atoms with Gasteiger partial charge in [-0.2, -0.15) is 10.2 Å². The van der Waals surface area contributed by atoms with Crippen LogP contribution in [-0.4, -0.2) is 42.0 Å². The number of carbonyl (C=O) groups is 1. The van der Waals surface area contributed by atoms with Crippen molar-refractivity contribution in [1.82, 2.24) is 34.8 Å². The molecule has 9 nitrogen and oxygen atoms in total. The molecule has 4 aromatic heterocycles. The van der Waals surface area contributed by atoms with Gasteiger partial charge in [-0.25, -0.2) is 9.67 Å². The van der Waals surface area contributed by atoms with E-state index in [0.29, 0.717) is 36.4 Å². The van der Waals surface area contributed by atoms with Crippen molar-refractivity contribution in [2.45, 2.75) is 13.1 Å². The highest BCUT2D eigenvalue weighted by molar-refractivity contribution is 7.13. The minimum atomic E-state index is -0.279. The Kier molecular flexibility index (Phi) is 5.34. The van der Waals surface area contributed by atoms with Gasteiger partial charge in [0.05, 0.1) is 29.9 Å². The summed E-state index contributed by atoms with van der Waals surface area (Å²) in [6.07, 6.45) is 3.05. The Hall–Kier alpha value is -4.05. The largest absolute Gasteiger partial charge is 0.349 e. The molecular formula is C22H19N7O2S. The molecule has 4 heterocycles. The first-order valence-electron chi connectivity index (χ1n) is 10.0. The first-order valence-corrected chi connectivity index (χ1v) is 10.9. The van der Waals surface area contributed by atoms with Crippen LogP contribution in [0.5, 0.6) is 0 Å². The maximum absolute atomic E-state index is 12.8. The van der Waals surface area contributed by atoms with Gasteiger partial charge in [0.15, 0.2) is 11.3 Å². The summed E-state index contributed by atoms with van der Waals surface area (Å²) >= 11 is 1.57. The highest BCUT2D eigenvalue weighted by Gasteiger charge is 2.13. The van der Waals surface area contributed by atoms with Crippen LogP contribution in [0, 0.1) is 0 Å². The van der Waals surface area contributed by atoms with Crippen LogP contribution >= 0.6 is 11.3 Å². The van der Waals surface area contributed by atoms with Gasteiger partial charge in [-0.3, -0.25) is 19.3 Å². The molecule has 0 radical (unpaired) electrons. The minimum absolute atomic E-state index is 0.147. The van der Waals surface area contributed by atoms with E-state index in [1.165, 1.54) is 12.5 Å². The molecule has 5 rings (SSSR count). The van der Waals surface area contributed by atoms with Crippen LogP contribution < -0.4 is 10.9 Å². The van der Waals surface area contributed by atoms with Crippen molar-refractivity contribution in [2.24, 2.45) is 0 Å². The zero-order valence-electron chi connectivity index (χ0n) is 16.9. The third kappa shape index (κ3) is 3.95. The molecule has 160 valence electrons. The second-order valence-electron chi connectivity index (χ2n) is 7.17. The average molecular weight is 446 g/mol. The summed E-state index contributed by atoms with van der Waals surface area (Å²) in [5.41, 5.74) is 2.49. The lowest BCUT2D eigenvalue weighted by atomic mass is 10.2. The Bertz CT molecular complexity index is 1420. The van der Waals surface area contributed by atoms with Gasteiger partial charge >= 0.3 is 0 Å². The van der Waals surface area contributed by atoms with Crippen LogP contribution in [-0.2, 0) is 13.1 Å². The molecular weight excluding hydrogens is 426 g/mol. The van der Waals surface area contributed by atoms with Gasteiger partial charge in [0.1, 0.15) is 11.7 Å². The van der Waals surface area contributed by atoms with Crippen molar-refractivity contribution < 1.29 is 4.79 Å². The predicted molar refractivity (Wildman–Crippen MR) is 122 cm³/mol. The SMILES string of the molecule is O=C(NCCn1ncc2c(=O)n(Cc3ccccc3)cnc21)c1cc(-c2cccs2)[nH]n1. The number of amides is 1. The monoisotopic (exact) mass is 445 g/mol. The van der Waals surface area contributed by atoms with Crippen LogP contribution in [0.2, 0.25) is 0 Å². The van der Waals surface area contributed by atoms with Gasteiger partial charge in [0, 0.05) is 6.54 Å². The van der Waals surface area contributed by atoms with Crippen LogP contribution in [0.4, 0.5) is 0 Å². The summed E-state index contributed by atoms with van der Waals surface area (Å²) in [5.74, 6) is -0.279. The average Bonchev–Trinajstić information content (AvgIpc) is 3.57. The van der Waals surface area contributed by atoms with Crippen molar-refractivity contribution in [1.29, 1.82) is 0 Å². The van der Waals surface area contributed by atoms with Gasteiger partial charge in [-0.05, 0) is 23.1 Å². The molecule has 32 heavy (non-hydrogen) atoms. The van der Waals surface area contributed by atoms with E-state index < -0.39 is 0 Å². The van der Waals surface area contributed by atoms with E-state index in [-0.39, 0.29) is 11.5 Å². The molecule has 0 aliphatic heterocycles. The third-order valence-corrected chi connectivity index (χ3v) is 5.93. The standard InChI is InChI=1S/C22H19N7O2S/c30-21(18-11-17(26-27-18)19-7-4-10-32-19)23-8-9-29-20-16(12-25-29)22(31)28(14-24-20)13-15-5-2-1-3-6-15/h1-7,10-12,14H,8-9,13H2,(H,23,30)(H,26,27). The number of fused-ring (bicyclic) bond motifs is 1. The molecule has 0 aliphatic carbocycles. The number of H-pyrrole nitrogens is 1. The molecule has 0 aliphatic rings. The van der Waals surface area contributed by atoms with E-state index in [9.17, 15) is 9.59 Å². The smallest absolute Gasteiger partial charge is 0.271 e. The Morgan fingerprint density at radius 1 is 1.16 bits per heavy atom. The van der Waals surface area contributed by atoms with E-state index in [1.807, 2.05) is 47.8 Å². The maximum Gasteiger partial charge on any atom is 0.271 e. The van der Waals surface area contributed by atoms with Crippen molar-refractivity contribution in [2.75, 3.05) is 6.54 Å². The number of benzene rings is 1. The highest BCUT2D eigenvalue weighted by atomic mass is 32.1. The van der Waals surface area contributed by atoms with Crippen molar-refractivity contribution in [3.8, 4) is 10.6 Å². The Labute approximate surface area is 186 Å². The van der Waals surface area contributed by atoms with Gasteiger partial charge in [0.2, 0.25) is 0 Å². The van der Waals surface area contributed by atoms with Crippen molar-refractivity contribution in [3.63, 3.8) is 0 Å².